The van der Waals surface area contributed by atoms with Gasteiger partial charge in [0.05, 0.1) is 11.1 Å². The van der Waals surface area contributed by atoms with E-state index >= 15 is 0 Å². The van der Waals surface area contributed by atoms with E-state index < -0.39 is 0 Å². The SMILES string of the molecule is N#Cc1cc(-c2cc(Cl)cc(C#N)c2O)ccc1O. The quantitative estimate of drug-likeness (QED) is 0.833. The number of nitriles is 2. The van der Waals surface area contributed by atoms with Crippen molar-refractivity contribution < 1.29 is 10.2 Å². The lowest BCUT2D eigenvalue weighted by atomic mass is 9.99. The third-order valence-electron chi connectivity index (χ3n) is 2.62. The van der Waals surface area contributed by atoms with Crippen molar-refractivity contribution in [3.63, 3.8) is 0 Å². The lowest BCUT2D eigenvalue weighted by molar-refractivity contribution is 0.472. The second-order valence-corrected chi connectivity index (χ2v) is 4.24. The Labute approximate surface area is 114 Å². The predicted molar refractivity (Wildman–Crippen MR) is 69.6 cm³/mol. The number of benzene rings is 2. The fraction of sp³-hybridized carbons (Fsp3) is 0. The Morgan fingerprint density at radius 3 is 2.26 bits per heavy atom. The predicted octanol–water partition coefficient (Wildman–Crippen LogP) is 3.16. The Kier molecular flexibility index (Phi) is 3.29. The summed E-state index contributed by atoms with van der Waals surface area (Å²) >= 11 is 5.88. The molecule has 0 bridgehead atoms. The highest BCUT2D eigenvalue weighted by Gasteiger charge is 2.12. The lowest BCUT2D eigenvalue weighted by Gasteiger charge is -2.08. The Balaban J connectivity index is 2.70. The smallest absolute Gasteiger partial charge is 0.141 e. The molecule has 0 aliphatic rings. The van der Waals surface area contributed by atoms with Gasteiger partial charge in [-0.1, -0.05) is 17.7 Å². The number of halogens is 1. The van der Waals surface area contributed by atoms with Gasteiger partial charge in [0.2, 0.25) is 0 Å². The van der Waals surface area contributed by atoms with Crippen LogP contribution >= 0.6 is 11.6 Å². The molecule has 5 heteroatoms. The van der Waals surface area contributed by atoms with Gasteiger partial charge in [-0.15, -0.1) is 0 Å². The second-order valence-electron chi connectivity index (χ2n) is 3.81. The molecule has 0 saturated heterocycles. The van der Waals surface area contributed by atoms with Crippen LogP contribution in [0.25, 0.3) is 11.1 Å². The van der Waals surface area contributed by atoms with Crippen LogP contribution in [-0.4, -0.2) is 10.2 Å². The summed E-state index contributed by atoms with van der Waals surface area (Å²) in [5.74, 6) is -0.352. The van der Waals surface area contributed by atoms with Gasteiger partial charge in [0.25, 0.3) is 0 Å². The first-order valence-corrected chi connectivity index (χ1v) is 5.60. The molecule has 0 aromatic heterocycles. The molecule has 0 fully saturated rings. The largest absolute Gasteiger partial charge is 0.507 e. The summed E-state index contributed by atoms with van der Waals surface area (Å²) in [6.07, 6.45) is 0. The summed E-state index contributed by atoms with van der Waals surface area (Å²) < 4.78 is 0. The fourth-order valence-corrected chi connectivity index (χ4v) is 1.92. The summed E-state index contributed by atoms with van der Waals surface area (Å²) in [5, 5.41) is 37.5. The maximum absolute atomic E-state index is 9.97. The van der Waals surface area contributed by atoms with Gasteiger partial charge in [0, 0.05) is 10.6 Å². The Morgan fingerprint density at radius 1 is 0.947 bits per heavy atom. The highest BCUT2D eigenvalue weighted by molar-refractivity contribution is 6.31. The normalized spacial score (nSPS) is 9.63. The zero-order chi connectivity index (χ0) is 14.0. The maximum Gasteiger partial charge on any atom is 0.141 e. The average molecular weight is 271 g/mol. The molecule has 2 N–H and O–H groups in total. The third kappa shape index (κ3) is 2.30. The number of phenols is 2. The minimum atomic E-state index is -0.207. The van der Waals surface area contributed by atoms with Gasteiger partial charge in [-0.05, 0) is 29.8 Å². The summed E-state index contributed by atoms with van der Waals surface area (Å²) in [7, 11) is 0. The van der Waals surface area contributed by atoms with E-state index in [9.17, 15) is 10.2 Å². The number of rotatable bonds is 1. The molecule has 0 aliphatic carbocycles. The molecule has 0 heterocycles. The molecule has 92 valence electrons. The summed E-state index contributed by atoms with van der Waals surface area (Å²) in [5.41, 5.74) is 0.955. The third-order valence-corrected chi connectivity index (χ3v) is 2.84. The molecule has 0 saturated carbocycles. The molecule has 4 nitrogen and oxygen atoms in total. The van der Waals surface area contributed by atoms with Crippen LogP contribution in [0.4, 0.5) is 0 Å². The highest BCUT2D eigenvalue weighted by atomic mass is 35.5. The molecule has 2 aromatic carbocycles. The maximum atomic E-state index is 9.97. The molecule has 0 amide bonds. The van der Waals surface area contributed by atoms with E-state index in [1.165, 1.54) is 30.3 Å². The van der Waals surface area contributed by atoms with Crippen LogP contribution in [0.3, 0.4) is 0 Å². The van der Waals surface area contributed by atoms with Crippen molar-refractivity contribution in [3.8, 4) is 34.8 Å². The Hall–Kier alpha value is -2.69. The van der Waals surface area contributed by atoms with Crippen LogP contribution < -0.4 is 0 Å². The zero-order valence-electron chi connectivity index (χ0n) is 9.55. The van der Waals surface area contributed by atoms with Crippen molar-refractivity contribution in [1.29, 1.82) is 10.5 Å². The average Bonchev–Trinajstić information content (AvgIpc) is 2.41. The first-order chi connectivity index (χ1) is 9.06. The number of aromatic hydroxyl groups is 2. The molecule has 0 radical (unpaired) electrons. The zero-order valence-corrected chi connectivity index (χ0v) is 10.3. The minimum absolute atomic E-state index is 0.0501. The van der Waals surface area contributed by atoms with E-state index in [0.717, 1.165) is 0 Å². The van der Waals surface area contributed by atoms with Crippen LogP contribution in [0, 0.1) is 22.7 Å². The van der Waals surface area contributed by atoms with Gasteiger partial charge in [0.15, 0.2) is 0 Å². The van der Waals surface area contributed by atoms with Crippen molar-refractivity contribution >= 4 is 11.6 Å². The fourth-order valence-electron chi connectivity index (χ4n) is 1.70. The van der Waals surface area contributed by atoms with E-state index in [4.69, 9.17) is 22.1 Å². The molecule has 2 aromatic rings. The number of hydrogen-bond donors (Lipinski definition) is 2. The van der Waals surface area contributed by atoms with Crippen molar-refractivity contribution in [2.24, 2.45) is 0 Å². The topological polar surface area (TPSA) is 88.0 Å². The summed E-state index contributed by atoms with van der Waals surface area (Å²) in [6, 6.07) is 10.8. The molecule has 0 aliphatic heterocycles. The van der Waals surface area contributed by atoms with Gasteiger partial charge >= 0.3 is 0 Å². The second kappa shape index (κ2) is 4.89. The molecule has 19 heavy (non-hydrogen) atoms. The molecule has 0 spiro atoms. The van der Waals surface area contributed by atoms with Gasteiger partial charge in [-0.3, -0.25) is 0 Å². The van der Waals surface area contributed by atoms with Crippen LogP contribution in [0.15, 0.2) is 30.3 Å². The van der Waals surface area contributed by atoms with Crippen LogP contribution in [-0.2, 0) is 0 Å². The van der Waals surface area contributed by atoms with E-state index in [1.54, 1.807) is 0 Å². The van der Waals surface area contributed by atoms with Crippen molar-refractivity contribution in [3.05, 3.63) is 46.5 Å². The first-order valence-electron chi connectivity index (χ1n) is 5.23. The van der Waals surface area contributed by atoms with E-state index in [0.29, 0.717) is 16.1 Å². The number of nitrogens with zero attached hydrogens (tertiary/aromatic N) is 2. The summed E-state index contributed by atoms with van der Waals surface area (Å²) in [6.45, 7) is 0. The monoisotopic (exact) mass is 270 g/mol. The molecule has 2 rings (SSSR count). The van der Waals surface area contributed by atoms with E-state index in [2.05, 4.69) is 0 Å². The van der Waals surface area contributed by atoms with Crippen LogP contribution in [0.2, 0.25) is 5.02 Å². The molecular formula is C14H7ClN2O2. The standard InChI is InChI=1S/C14H7ClN2O2/c15-11-4-10(7-17)14(19)12(5-11)8-1-2-13(18)9(3-8)6-16/h1-5,18-19H. The molecule has 0 unspecified atom stereocenters. The Morgan fingerprint density at radius 2 is 1.63 bits per heavy atom. The molecular weight excluding hydrogens is 264 g/mol. The number of hydrogen-bond acceptors (Lipinski definition) is 4. The van der Waals surface area contributed by atoms with Crippen LogP contribution in [0.5, 0.6) is 11.5 Å². The van der Waals surface area contributed by atoms with E-state index in [1.807, 2.05) is 12.1 Å². The van der Waals surface area contributed by atoms with Crippen molar-refractivity contribution in [1.82, 2.24) is 0 Å². The lowest BCUT2D eigenvalue weighted by Crippen LogP contribution is -1.86. The van der Waals surface area contributed by atoms with Gasteiger partial charge in [0.1, 0.15) is 23.6 Å². The van der Waals surface area contributed by atoms with Crippen molar-refractivity contribution in [2.45, 2.75) is 0 Å². The number of phenolic OH excluding ortho intramolecular Hbond substituents is 2. The van der Waals surface area contributed by atoms with Crippen LogP contribution in [0.1, 0.15) is 11.1 Å². The Bertz CT molecular complexity index is 742. The molecule has 0 atom stereocenters. The highest BCUT2D eigenvalue weighted by Crippen LogP contribution is 2.36. The van der Waals surface area contributed by atoms with Crippen molar-refractivity contribution in [2.75, 3.05) is 0 Å². The van der Waals surface area contributed by atoms with E-state index in [-0.39, 0.29) is 22.6 Å². The van der Waals surface area contributed by atoms with Gasteiger partial charge in [-0.2, -0.15) is 10.5 Å². The minimum Gasteiger partial charge on any atom is -0.507 e. The summed E-state index contributed by atoms with van der Waals surface area (Å²) in [4.78, 5) is 0. The van der Waals surface area contributed by atoms with Gasteiger partial charge < -0.3 is 10.2 Å². The first kappa shape index (κ1) is 12.8. The van der Waals surface area contributed by atoms with Gasteiger partial charge in [-0.25, -0.2) is 0 Å².